The number of hydrogen-bond acceptors (Lipinski definition) is 4. The number of nitrogens with one attached hydrogen (secondary N) is 2. The zero-order valence-corrected chi connectivity index (χ0v) is 11.9. The van der Waals surface area contributed by atoms with E-state index in [2.05, 4.69) is 10.6 Å². The number of carboxylic acid groups (broad SMARTS) is 1. The van der Waals surface area contributed by atoms with Gasteiger partial charge in [-0.2, -0.15) is 0 Å². The van der Waals surface area contributed by atoms with Crippen LogP contribution in [0.25, 0.3) is 0 Å². The maximum absolute atomic E-state index is 11.6. The predicted molar refractivity (Wildman–Crippen MR) is 72.6 cm³/mol. The Kier molecular flexibility index (Phi) is 7.98. The molecule has 1 saturated carbocycles. The van der Waals surface area contributed by atoms with E-state index in [-0.39, 0.29) is 18.5 Å². The quantitative estimate of drug-likeness (QED) is 0.484. The Balaban J connectivity index is 2.05. The number of ether oxygens (including phenoxy) is 2. The average Bonchev–Trinajstić information content (AvgIpc) is 3.20. The Morgan fingerprint density at radius 2 is 2.05 bits per heavy atom. The lowest BCUT2D eigenvalue weighted by molar-refractivity contribution is -0.137. The van der Waals surface area contributed by atoms with Gasteiger partial charge in [-0.05, 0) is 25.2 Å². The smallest absolute Gasteiger partial charge is 0.315 e. The Bertz CT molecular complexity index is 307. The molecule has 1 aliphatic rings. The molecule has 0 aromatic carbocycles. The molecule has 1 fully saturated rings. The SMILES string of the molecule is COCCOCCCNC(=O)NC(CC(=O)O)C1CC1. The van der Waals surface area contributed by atoms with Crippen LogP contribution in [-0.2, 0) is 14.3 Å². The van der Waals surface area contributed by atoms with Crippen LogP contribution in [0.4, 0.5) is 4.79 Å². The fraction of sp³-hybridized carbons (Fsp3) is 0.846. The highest BCUT2D eigenvalue weighted by Crippen LogP contribution is 2.33. The monoisotopic (exact) mass is 288 g/mol. The van der Waals surface area contributed by atoms with Crippen LogP contribution in [0, 0.1) is 5.92 Å². The fourth-order valence-corrected chi connectivity index (χ4v) is 1.86. The zero-order valence-electron chi connectivity index (χ0n) is 11.9. The second-order valence-corrected chi connectivity index (χ2v) is 4.90. The number of carbonyl (C=O) groups excluding carboxylic acids is 1. The molecule has 1 rings (SSSR count). The molecule has 7 heteroatoms. The number of rotatable bonds is 11. The van der Waals surface area contributed by atoms with Gasteiger partial charge in [0.15, 0.2) is 0 Å². The van der Waals surface area contributed by atoms with Crippen LogP contribution in [0.1, 0.15) is 25.7 Å². The molecule has 20 heavy (non-hydrogen) atoms. The van der Waals surface area contributed by atoms with Crippen molar-refractivity contribution < 1.29 is 24.2 Å². The molecule has 0 aromatic rings. The van der Waals surface area contributed by atoms with E-state index in [0.717, 1.165) is 12.8 Å². The second-order valence-electron chi connectivity index (χ2n) is 4.90. The predicted octanol–water partition coefficient (Wildman–Crippen LogP) is 0.592. The first-order valence-electron chi connectivity index (χ1n) is 6.96. The van der Waals surface area contributed by atoms with Gasteiger partial charge in [0.05, 0.1) is 19.6 Å². The summed E-state index contributed by atoms with van der Waals surface area (Å²) in [6, 6.07) is -0.564. The summed E-state index contributed by atoms with van der Waals surface area (Å²) in [4.78, 5) is 22.3. The van der Waals surface area contributed by atoms with Gasteiger partial charge in [-0.3, -0.25) is 4.79 Å². The number of carbonyl (C=O) groups is 2. The van der Waals surface area contributed by atoms with E-state index in [1.54, 1.807) is 7.11 Å². The minimum absolute atomic E-state index is 0.0157. The van der Waals surface area contributed by atoms with Gasteiger partial charge in [-0.1, -0.05) is 0 Å². The first kappa shape index (κ1) is 16.7. The summed E-state index contributed by atoms with van der Waals surface area (Å²) < 4.78 is 10.1. The molecule has 0 aliphatic heterocycles. The highest BCUT2D eigenvalue weighted by Gasteiger charge is 2.33. The highest BCUT2D eigenvalue weighted by molar-refractivity contribution is 5.75. The van der Waals surface area contributed by atoms with Crippen molar-refractivity contribution in [1.82, 2.24) is 10.6 Å². The summed E-state index contributed by atoms with van der Waals surface area (Å²) in [5, 5.41) is 14.2. The van der Waals surface area contributed by atoms with Crippen LogP contribution in [0.3, 0.4) is 0 Å². The highest BCUT2D eigenvalue weighted by atomic mass is 16.5. The number of aliphatic carboxylic acids is 1. The van der Waals surface area contributed by atoms with Gasteiger partial charge in [0, 0.05) is 26.3 Å². The van der Waals surface area contributed by atoms with Gasteiger partial charge in [0.2, 0.25) is 0 Å². The minimum Gasteiger partial charge on any atom is -0.481 e. The molecule has 1 unspecified atom stereocenters. The number of methoxy groups -OCH3 is 1. The van der Waals surface area contributed by atoms with E-state index in [9.17, 15) is 9.59 Å². The van der Waals surface area contributed by atoms with Crippen molar-refractivity contribution in [1.29, 1.82) is 0 Å². The van der Waals surface area contributed by atoms with Crippen LogP contribution in [0.15, 0.2) is 0 Å². The van der Waals surface area contributed by atoms with Gasteiger partial charge < -0.3 is 25.2 Å². The van der Waals surface area contributed by atoms with E-state index in [1.165, 1.54) is 0 Å². The molecule has 1 atom stereocenters. The second kappa shape index (κ2) is 9.55. The van der Waals surface area contributed by atoms with Gasteiger partial charge in [-0.15, -0.1) is 0 Å². The number of amides is 2. The third-order valence-corrected chi connectivity index (χ3v) is 3.08. The molecule has 3 N–H and O–H groups in total. The Morgan fingerprint density at radius 3 is 2.65 bits per heavy atom. The van der Waals surface area contributed by atoms with Gasteiger partial charge >= 0.3 is 12.0 Å². The van der Waals surface area contributed by atoms with Crippen molar-refractivity contribution in [3.8, 4) is 0 Å². The average molecular weight is 288 g/mol. The van der Waals surface area contributed by atoms with Crippen molar-refractivity contribution in [2.75, 3.05) is 33.5 Å². The topological polar surface area (TPSA) is 96.9 Å². The summed E-state index contributed by atoms with van der Waals surface area (Å²) >= 11 is 0. The van der Waals surface area contributed by atoms with Gasteiger partial charge in [-0.25, -0.2) is 4.79 Å². The largest absolute Gasteiger partial charge is 0.481 e. The molecule has 0 radical (unpaired) electrons. The number of carboxylic acids is 1. The van der Waals surface area contributed by atoms with Crippen molar-refractivity contribution >= 4 is 12.0 Å². The standard InChI is InChI=1S/C13H24N2O5/c1-19-7-8-20-6-2-5-14-13(18)15-11(9-12(16)17)10-3-4-10/h10-11H,2-9H2,1H3,(H,16,17)(H2,14,15,18). The number of urea groups is 1. The minimum atomic E-state index is -0.881. The third-order valence-electron chi connectivity index (χ3n) is 3.08. The van der Waals surface area contributed by atoms with Crippen molar-refractivity contribution in [2.45, 2.75) is 31.7 Å². The molecule has 0 heterocycles. The summed E-state index contributed by atoms with van der Waals surface area (Å²) in [7, 11) is 1.61. The molecule has 0 bridgehead atoms. The van der Waals surface area contributed by atoms with Crippen molar-refractivity contribution in [2.24, 2.45) is 5.92 Å². The maximum Gasteiger partial charge on any atom is 0.315 e. The van der Waals surface area contributed by atoms with Crippen molar-refractivity contribution in [3.05, 3.63) is 0 Å². The molecular formula is C13H24N2O5. The van der Waals surface area contributed by atoms with E-state index in [1.807, 2.05) is 0 Å². The molecule has 116 valence electrons. The first-order valence-corrected chi connectivity index (χ1v) is 6.96. The lowest BCUT2D eigenvalue weighted by atomic mass is 10.1. The van der Waals surface area contributed by atoms with Crippen LogP contribution >= 0.6 is 0 Å². The first-order chi connectivity index (χ1) is 9.63. The van der Waals surface area contributed by atoms with Crippen LogP contribution < -0.4 is 10.6 Å². The lowest BCUT2D eigenvalue weighted by Gasteiger charge is -2.16. The molecule has 1 aliphatic carbocycles. The van der Waals surface area contributed by atoms with E-state index in [4.69, 9.17) is 14.6 Å². The summed E-state index contributed by atoms with van der Waals surface area (Å²) in [6.45, 7) is 2.17. The van der Waals surface area contributed by atoms with Gasteiger partial charge in [0.1, 0.15) is 0 Å². The molecule has 0 saturated heterocycles. The fourth-order valence-electron chi connectivity index (χ4n) is 1.86. The third kappa shape index (κ3) is 7.96. The van der Waals surface area contributed by atoms with E-state index in [0.29, 0.717) is 38.7 Å². The summed E-state index contributed by atoms with van der Waals surface area (Å²) in [5.74, 6) is -0.567. The molecular weight excluding hydrogens is 264 g/mol. The van der Waals surface area contributed by atoms with E-state index >= 15 is 0 Å². The van der Waals surface area contributed by atoms with Gasteiger partial charge in [0.25, 0.3) is 0 Å². The Morgan fingerprint density at radius 1 is 1.30 bits per heavy atom. The summed E-state index contributed by atoms with van der Waals surface area (Å²) in [6.07, 6.45) is 2.68. The van der Waals surface area contributed by atoms with Crippen LogP contribution in [-0.4, -0.2) is 56.6 Å². The molecule has 0 aromatic heterocycles. The normalized spacial score (nSPS) is 15.7. The van der Waals surface area contributed by atoms with E-state index < -0.39 is 5.97 Å². The zero-order chi connectivity index (χ0) is 14.8. The molecule has 2 amide bonds. The maximum atomic E-state index is 11.6. The molecule has 7 nitrogen and oxygen atoms in total. The lowest BCUT2D eigenvalue weighted by Crippen LogP contribution is -2.44. The number of hydrogen-bond donors (Lipinski definition) is 3. The van der Waals surface area contributed by atoms with Crippen LogP contribution in [0.2, 0.25) is 0 Å². The van der Waals surface area contributed by atoms with Crippen molar-refractivity contribution in [3.63, 3.8) is 0 Å². The summed E-state index contributed by atoms with van der Waals surface area (Å²) in [5.41, 5.74) is 0. The van der Waals surface area contributed by atoms with Crippen LogP contribution in [0.5, 0.6) is 0 Å². The Hall–Kier alpha value is -1.34. The Labute approximate surface area is 119 Å². The molecule has 0 spiro atoms.